The van der Waals surface area contributed by atoms with Gasteiger partial charge in [-0.2, -0.15) is 27.1 Å². The summed E-state index contributed by atoms with van der Waals surface area (Å²) in [6, 6.07) is 3.76. The van der Waals surface area contributed by atoms with Gasteiger partial charge in [-0.15, -0.1) is 0 Å². The summed E-state index contributed by atoms with van der Waals surface area (Å²) in [5.74, 6) is -0.805. The summed E-state index contributed by atoms with van der Waals surface area (Å²) < 4.78 is 65.5. The monoisotopic (exact) mass is 464 g/mol. The van der Waals surface area contributed by atoms with Crippen molar-refractivity contribution in [2.75, 3.05) is 6.54 Å². The second-order valence-corrected chi connectivity index (χ2v) is 7.38. The van der Waals surface area contributed by atoms with E-state index < -0.39 is 24.3 Å². The van der Waals surface area contributed by atoms with Gasteiger partial charge < -0.3 is 10.6 Å². The van der Waals surface area contributed by atoms with Crippen LogP contribution in [0.1, 0.15) is 39.6 Å². The molecule has 33 heavy (non-hydrogen) atoms. The van der Waals surface area contributed by atoms with Gasteiger partial charge in [0.2, 0.25) is 0 Å². The molecule has 0 aliphatic carbocycles. The minimum atomic E-state index is -4.60. The first kappa shape index (κ1) is 22.4. The van der Waals surface area contributed by atoms with Gasteiger partial charge in [-0.3, -0.25) is 9.78 Å². The Morgan fingerprint density at radius 1 is 1.24 bits per heavy atom. The van der Waals surface area contributed by atoms with Gasteiger partial charge in [-0.1, -0.05) is 6.58 Å². The van der Waals surface area contributed by atoms with Crippen LogP contribution in [0.25, 0.3) is 16.8 Å². The molecular formula is C21H17F5N6O. The number of hydrogen-bond donors (Lipinski definition) is 1. The van der Waals surface area contributed by atoms with Crippen molar-refractivity contribution in [3.8, 4) is 11.1 Å². The first-order chi connectivity index (χ1) is 15.5. The molecule has 4 heterocycles. The van der Waals surface area contributed by atoms with Crippen molar-refractivity contribution in [1.29, 1.82) is 0 Å². The third-order valence-electron chi connectivity index (χ3n) is 5.31. The van der Waals surface area contributed by atoms with Crippen LogP contribution in [0, 0.1) is 0 Å². The Bertz CT molecular complexity index is 1240. The van der Waals surface area contributed by atoms with Gasteiger partial charge in [0.1, 0.15) is 11.4 Å². The highest BCUT2D eigenvalue weighted by Crippen LogP contribution is 2.34. The molecule has 0 atom stereocenters. The van der Waals surface area contributed by atoms with Gasteiger partial charge in [0.15, 0.2) is 0 Å². The van der Waals surface area contributed by atoms with E-state index in [1.54, 1.807) is 4.90 Å². The predicted molar refractivity (Wildman–Crippen MR) is 108 cm³/mol. The third kappa shape index (κ3) is 4.41. The highest BCUT2D eigenvalue weighted by molar-refractivity contribution is 5.92. The van der Waals surface area contributed by atoms with Crippen molar-refractivity contribution in [2.24, 2.45) is 5.73 Å². The number of carbonyl (C=O) groups is 1. The summed E-state index contributed by atoms with van der Waals surface area (Å²) in [5, 5.41) is 3.63. The second kappa shape index (κ2) is 8.26. The summed E-state index contributed by atoms with van der Waals surface area (Å²) in [7, 11) is 0. The number of rotatable bonds is 5. The largest absolute Gasteiger partial charge is 0.433 e. The topological polar surface area (TPSA) is 89.9 Å². The van der Waals surface area contributed by atoms with Gasteiger partial charge in [0.25, 0.3) is 5.91 Å². The Balaban J connectivity index is 1.69. The molecule has 0 unspecified atom stereocenters. The van der Waals surface area contributed by atoms with Crippen molar-refractivity contribution in [3.05, 3.63) is 71.6 Å². The molecule has 7 nitrogen and oxygen atoms in total. The summed E-state index contributed by atoms with van der Waals surface area (Å²) >= 11 is 0. The van der Waals surface area contributed by atoms with Crippen LogP contribution in [0.15, 0.2) is 43.4 Å². The number of amides is 1. The fourth-order valence-electron chi connectivity index (χ4n) is 3.69. The molecule has 0 fully saturated rings. The number of alkyl halides is 5. The van der Waals surface area contributed by atoms with E-state index in [9.17, 15) is 26.7 Å². The van der Waals surface area contributed by atoms with Crippen LogP contribution >= 0.6 is 0 Å². The number of hydrogen-bond acceptors (Lipinski definition) is 5. The zero-order chi connectivity index (χ0) is 23.9. The molecular weight excluding hydrogens is 447 g/mol. The SMILES string of the molecule is C=C(c1ccnc(C(F)(F)F)c1)N1CCc2c(-c3cnn(C(F)F)c3)cc(C(N)=O)nc2C1. The number of nitrogens with zero attached hydrogens (tertiary/aromatic N) is 5. The van der Waals surface area contributed by atoms with Gasteiger partial charge in [0, 0.05) is 35.8 Å². The average Bonchev–Trinajstić information content (AvgIpc) is 3.27. The zero-order valence-corrected chi connectivity index (χ0v) is 17.0. The van der Waals surface area contributed by atoms with E-state index in [0.29, 0.717) is 45.7 Å². The normalized spacial score (nSPS) is 13.8. The molecule has 172 valence electrons. The number of fused-ring (bicyclic) bond motifs is 1. The molecule has 2 N–H and O–H groups in total. The molecule has 0 bridgehead atoms. The Labute approximate surface area is 184 Å². The molecule has 0 saturated carbocycles. The quantitative estimate of drug-likeness (QED) is 0.579. The highest BCUT2D eigenvalue weighted by atomic mass is 19.4. The molecule has 3 aromatic rings. The van der Waals surface area contributed by atoms with E-state index >= 15 is 0 Å². The second-order valence-electron chi connectivity index (χ2n) is 7.38. The minimum Gasteiger partial charge on any atom is -0.365 e. The Morgan fingerprint density at radius 3 is 2.64 bits per heavy atom. The van der Waals surface area contributed by atoms with Crippen molar-refractivity contribution in [3.63, 3.8) is 0 Å². The smallest absolute Gasteiger partial charge is 0.365 e. The highest BCUT2D eigenvalue weighted by Gasteiger charge is 2.33. The van der Waals surface area contributed by atoms with Crippen LogP contribution < -0.4 is 5.73 Å². The number of pyridine rings is 2. The summed E-state index contributed by atoms with van der Waals surface area (Å²) in [6.45, 7) is 1.61. The lowest BCUT2D eigenvalue weighted by atomic mass is 9.94. The van der Waals surface area contributed by atoms with Crippen LogP contribution in [-0.4, -0.2) is 37.1 Å². The fourth-order valence-corrected chi connectivity index (χ4v) is 3.69. The number of primary amides is 1. The molecule has 4 rings (SSSR count). The molecule has 1 amide bonds. The molecule has 12 heteroatoms. The van der Waals surface area contributed by atoms with E-state index in [0.717, 1.165) is 18.5 Å². The van der Waals surface area contributed by atoms with Crippen LogP contribution in [-0.2, 0) is 19.1 Å². The molecule has 3 aromatic heterocycles. The van der Waals surface area contributed by atoms with Gasteiger partial charge in [0.05, 0.1) is 18.4 Å². The first-order valence-corrected chi connectivity index (χ1v) is 9.67. The number of carbonyl (C=O) groups excluding carboxylic acids is 1. The molecule has 0 spiro atoms. The van der Waals surface area contributed by atoms with Gasteiger partial charge >= 0.3 is 12.7 Å². The zero-order valence-electron chi connectivity index (χ0n) is 17.0. The van der Waals surface area contributed by atoms with Crippen molar-refractivity contribution < 1.29 is 26.7 Å². The van der Waals surface area contributed by atoms with E-state index in [2.05, 4.69) is 21.6 Å². The Kier molecular flexibility index (Phi) is 5.60. The maximum absolute atomic E-state index is 13.0. The Morgan fingerprint density at radius 2 is 2.00 bits per heavy atom. The van der Waals surface area contributed by atoms with E-state index in [-0.39, 0.29) is 17.8 Å². The fraction of sp³-hybridized carbons (Fsp3) is 0.238. The third-order valence-corrected chi connectivity index (χ3v) is 5.31. The number of halogens is 5. The minimum absolute atomic E-state index is 0.0655. The summed E-state index contributed by atoms with van der Waals surface area (Å²) in [5.41, 5.74) is 6.89. The lowest BCUT2D eigenvalue weighted by Crippen LogP contribution is -2.31. The standard InChI is InChI=1S/C21H17F5N6O/c1-11(12-2-4-28-18(6-12)21(24,25)26)31-5-3-14-15(13-8-29-32(9-13)20(22)23)7-16(19(27)33)30-17(14)10-31/h2,4,6-9,20H,1,3,5,10H2,(H2,27,33). The Hall–Kier alpha value is -3.83. The van der Waals surface area contributed by atoms with Crippen molar-refractivity contribution >= 4 is 11.6 Å². The van der Waals surface area contributed by atoms with Gasteiger partial charge in [-0.05, 0) is 35.7 Å². The van der Waals surface area contributed by atoms with E-state index in [1.165, 1.54) is 18.3 Å². The van der Waals surface area contributed by atoms with Crippen LogP contribution in [0.5, 0.6) is 0 Å². The summed E-state index contributed by atoms with van der Waals surface area (Å²) in [4.78, 5) is 21.2. The number of nitrogens with two attached hydrogens (primary N) is 1. The molecule has 1 aliphatic heterocycles. The predicted octanol–water partition coefficient (Wildman–Crippen LogP) is 3.88. The molecule has 0 saturated heterocycles. The lowest BCUT2D eigenvalue weighted by Gasteiger charge is -2.33. The van der Waals surface area contributed by atoms with Crippen molar-refractivity contribution in [2.45, 2.75) is 25.7 Å². The van der Waals surface area contributed by atoms with Crippen LogP contribution in [0.2, 0.25) is 0 Å². The van der Waals surface area contributed by atoms with Gasteiger partial charge in [-0.25, -0.2) is 9.67 Å². The molecule has 1 aliphatic rings. The van der Waals surface area contributed by atoms with Crippen molar-refractivity contribution in [1.82, 2.24) is 24.6 Å². The molecule has 0 radical (unpaired) electrons. The maximum atomic E-state index is 13.0. The van der Waals surface area contributed by atoms with Crippen LogP contribution in [0.3, 0.4) is 0 Å². The van der Waals surface area contributed by atoms with E-state index in [1.807, 2.05) is 0 Å². The van der Waals surface area contributed by atoms with Crippen LogP contribution in [0.4, 0.5) is 22.0 Å². The first-order valence-electron chi connectivity index (χ1n) is 9.67. The maximum Gasteiger partial charge on any atom is 0.433 e. The van der Waals surface area contributed by atoms with E-state index in [4.69, 9.17) is 5.73 Å². The average molecular weight is 464 g/mol. The lowest BCUT2D eigenvalue weighted by molar-refractivity contribution is -0.141. The number of aromatic nitrogens is 4. The molecule has 0 aromatic carbocycles. The summed E-state index contributed by atoms with van der Waals surface area (Å²) in [6.07, 6.45) is -0.740.